The van der Waals surface area contributed by atoms with E-state index in [1.54, 1.807) is 5.56 Å². The zero-order valence-corrected chi connectivity index (χ0v) is 9.82. The second-order valence-electron chi connectivity index (χ2n) is 5.17. The predicted molar refractivity (Wildman–Crippen MR) is 71.0 cm³/mol. The summed E-state index contributed by atoms with van der Waals surface area (Å²) in [7, 11) is 0. The minimum absolute atomic E-state index is 0.815. The molecule has 2 aliphatic rings. The lowest BCUT2D eigenvalue weighted by molar-refractivity contribution is 0.419. The van der Waals surface area contributed by atoms with Gasteiger partial charge in [0.1, 0.15) is 0 Å². The summed E-state index contributed by atoms with van der Waals surface area (Å²) in [4.78, 5) is 0. The van der Waals surface area contributed by atoms with E-state index in [1.807, 2.05) is 0 Å². The van der Waals surface area contributed by atoms with Crippen LogP contribution in [0.5, 0.6) is 0 Å². The Balaban J connectivity index is 1.89. The van der Waals surface area contributed by atoms with Crippen LogP contribution < -0.4 is 0 Å². The van der Waals surface area contributed by atoms with Crippen molar-refractivity contribution in [2.45, 2.75) is 25.2 Å². The zero-order chi connectivity index (χ0) is 11.2. The van der Waals surface area contributed by atoms with Crippen LogP contribution in [0.3, 0.4) is 0 Å². The number of hydrogen-bond donors (Lipinski definition) is 0. The van der Waals surface area contributed by atoms with Gasteiger partial charge >= 0.3 is 0 Å². The predicted octanol–water partition coefficient (Wildman–Crippen LogP) is 4.54. The smallest absolute Gasteiger partial charge is 0.0214 e. The van der Waals surface area contributed by atoms with Gasteiger partial charge in [-0.25, -0.2) is 0 Å². The third-order valence-corrected chi connectivity index (χ3v) is 4.24. The van der Waals surface area contributed by atoms with Crippen LogP contribution in [0.15, 0.2) is 42.5 Å². The highest BCUT2D eigenvalue weighted by Crippen LogP contribution is 2.45. The molecule has 4 rings (SSSR count). The van der Waals surface area contributed by atoms with Crippen LogP contribution in [-0.4, -0.2) is 0 Å². The third-order valence-electron chi connectivity index (χ3n) is 4.24. The summed E-state index contributed by atoms with van der Waals surface area (Å²) < 4.78 is 0. The summed E-state index contributed by atoms with van der Waals surface area (Å²) in [5, 5.41) is 0. The molecule has 17 heavy (non-hydrogen) atoms. The fourth-order valence-corrected chi connectivity index (χ4v) is 3.08. The molecule has 83 valence electrons. The van der Waals surface area contributed by atoms with E-state index in [9.17, 15) is 0 Å². The van der Waals surface area contributed by atoms with Crippen LogP contribution in [0.25, 0.3) is 11.1 Å². The van der Waals surface area contributed by atoms with E-state index in [-0.39, 0.29) is 0 Å². The number of benzene rings is 2. The monoisotopic (exact) mass is 219 g/mol. The van der Waals surface area contributed by atoms with E-state index >= 15 is 0 Å². The third kappa shape index (κ3) is 1.30. The molecule has 2 aliphatic carbocycles. The van der Waals surface area contributed by atoms with Crippen molar-refractivity contribution in [1.82, 2.24) is 0 Å². The summed E-state index contributed by atoms with van der Waals surface area (Å²) in [5.74, 6) is 0.815. The van der Waals surface area contributed by atoms with Crippen molar-refractivity contribution in [3.8, 4) is 11.1 Å². The molecular weight excluding hydrogens is 204 g/mol. The van der Waals surface area contributed by atoms with Gasteiger partial charge in [-0.2, -0.15) is 0 Å². The Kier molecular flexibility index (Phi) is 1.93. The molecule has 2 aromatic rings. The van der Waals surface area contributed by atoms with Crippen molar-refractivity contribution in [2.75, 3.05) is 0 Å². The van der Waals surface area contributed by atoms with Crippen molar-refractivity contribution < 1.29 is 0 Å². The van der Waals surface area contributed by atoms with Gasteiger partial charge in [-0.05, 0) is 46.6 Å². The molecule has 0 unspecified atom stereocenters. The minimum atomic E-state index is 0.815. The normalized spacial score (nSPS) is 17.4. The van der Waals surface area contributed by atoms with E-state index in [1.165, 1.54) is 41.5 Å². The molecule has 0 N–H and O–H groups in total. The van der Waals surface area contributed by atoms with Gasteiger partial charge in [-0.3, -0.25) is 0 Å². The molecule has 0 heteroatoms. The van der Waals surface area contributed by atoms with Gasteiger partial charge in [0, 0.05) is 6.42 Å². The molecule has 0 heterocycles. The molecule has 1 radical (unpaired) electrons. The highest BCUT2D eigenvalue weighted by Gasteiger charge is 2.27. The van der Waals surface area contributed by atoms with Crippen molar-refractivity contribution in [3.63, 3.8) is 0 Å². The highest BCUT2D eigenvalue weighted by molar-refractivity contribution is 5.82. The quantitative estimate of drug-likeness (QED) is 0.564. The Labute approximate surface area is 102 Å². The van der Waals surface area contributed by atoms with E-state index < -0.39 is 0 Å². The lowest BCUT2D eigenvalue weighted by atomic mass is 9.77. The molecule has 0 aromatic heterocycles. The molecule has 0 bridgehead atoms. The maximum absolute atomic E-state index is 2.37. The molecule has 2 aromatic carbocycles. The lowest BCUT2D eigenvalue weighted by Gasteiger charge is -2.27. The molecule has 0 aliphatic heterocycles. The number of hydrogen-bond acceptors (Lipinski definition) is 0. The lowest BCUT2D eigenvalue weighted by Crippen LogP contribution is -2.10. The Morgan fingerprint density at radius 2 is 1.65 bits per heavy atom. The Morgan fingerprint density at radius 3 is 2.47 bits per heavy atom. The summed E-state index contributed by atoms with van der Waals surface area (Å²) in [6.45, 7) is 0. The molecule has 1 saturated carbocycles. The molecule has 0 nitrogen and oxygen atoms in total. The summed E-state index contributed by atoms with van der Waals surface area (Å²) >= 11 is 0. The average molecular weight is 219 g/mol. The van der Waals surface area contributed by atoms with Gasteiger partial charge in [-0.15, -0.1) is 0 Å². The molecule has 1 fully saturated rings. The SMILES string of the molecule is [CH]1c2ccccc2-c2cccc(C3CCC3)c21. The van der Waals surface area contributed by atoms with Crippen LogP contribution in [0.4, 0.5) is 0 Å². The van der Waals surface area contributed by atoms with Gasteiger partial charge in [0.15, 0.2) is 0 Å². The van der Waals surface area contributed by atoms with Gasteiger partial charge in [-0.1, -0.05) is 48.9 Å². The highest BCUT2D eigenvalue weighted by atomic mass is 14.3. The van der Waals surface area contributed by atoms with Gasteiger partial charge in [0.2, 0.25) is 0 Å². The van der Waals surface area contributed by atoms with Crippen LogP contribution >= 0.6 is 0 Å². The van der Waals surface area contributed by atoms with Crippen molar-refractivity contribution in [1.29, 1.82) is 0 Å². The van der Waals surface area contributed by atoms with E-state index in [2.05, 4.69) is 48.9 Å². The fourth-order valence-electron chi connectivity index (χ4n) is 3.08. The maximum Gasteiger partial charge on any atom is 0.0214 e. The first-order valence-electron chi connectivity index (χ1n) is 6.50. The van der Waals surface area contributed by atoms with Crippen molar-refractivity contribution in [3.05, 3.63) is 65.6 Å². The van der Waals surface area contributed by atoms with Gasteiger partial charge in [0.05, 0.1) is 0 Å². The second-order valence-corrected chi connectivity index (χ2v) is 5.17. The summed E-state index contributed by atoms with van der Waals surface area (Å²) in [6.07, 6.45) is 6.53. The maximum atomic E-state index is 2.37. The zero-order valence-electron chi connectivity index (χ0n) is 9.82. The van der Waals surface area contributed by atoms with Gasteiger partial charge < -0.3 is 0 Å². The molecular formula is C17H15. The second kappa shape index (κ2) is 3.46. The van der Waals surface area contributed by atoms with E-state index in [4.69, 9.17) is 0 Å². The number of rotatable bonds is 1. The minimum Gasteiger partial charge on any atom is -0.0619 e. The van der Waals surface area contributed by atoms with Crippen molar-refractivity contribution in [2.24, 2.45) is 0 Å². The van der Waals surface area contributed by atoms with Crippen LogP contribution in [0, 0.1) is 6.42 Å². The molecule has 0 amide bonds. The van der Waals surface area contributed by atoms with Crippen LogP contribution in [0.1, 0.15) is 41.9 Å². The van der Waals surface area contributed by atoms with Crippen LogP contribution in [0.2, 0.25) is 0 Å². The van der Waals surface area contributed by atoms with Crippen LogP contribution in [-0.2, 0) is 0 Å². The van der Waals surface area contributed by atoms with Crippen molar-refractivity contribution >= 4 is 0 Å². The molecule has 0 saturated heterocycles. The Morgan fingerprint density at radius 1 is 0.824 bits per heavy atom. The fraction of sp³-hybridized carbons (Fsp3) is 0.235. The first-order valence-corrected chi connectivity index (χ1v) is 6.50. The topological polar surface area (TPSA) is 0 Å². The first-order chi connectivity index (χ1) is 8.43. The number of fused-ring (bicyclic) bond motifs is 3. The largest absolute Gasteiger partial charge is 0.0619 e. The summed E-state index contributed by atoms with van der Waals surface area (Å²) in [5.41, 5.74) is 7.28. The Bertz CT molecular complexity index is 576. The Hall–Kier alpha value is -1.56. The average Bonchev–Trinajstić information content (AvgIpc) is 2.67. The van der Waals surface area contributed by atoms with E-state index in [0.717, 1.165) is 5.92 Å². The standard InChI is InChI=1S/C17H15/c1-2-8-15-13(5-1)11-17-14(12-6-3-7-12)9-4-10-16(15)17/h1-2,4-5,8-12H,3,6-7H2. The van der Waals surface area contributed by atoms with E-state index in [0.29, 0.717) is 0 Å². The first kappa shape index (κ1) is 9.47. The summed E-state index contributed by atoms with van der Waals surface area (Å²) in [6, 6.07) is 15.5. The van der Waals surface area contributed by atoms with Gasteiger partial charge in [0.25, 0.3) is 0 Å². The molecule has 0 spiro atoms. The molecule has 0 atom stereocenters.